The standard InChI is InChI=1S/C18H28N2O2/c1-14-6-5-8-18(3,4)17(14)16(7-13-21)20-11-9-19(10-12-20)15(2)22/h7,13H,5-6,8-12H2,1-4H3. The van der Waals surface area contributed by atoms with Crippen LogP contribution >= 0.6 is 0 Å². The Morgan fingerprint density at radius 2 is 1.73 bits per heavy atom. The molecule has 0 saturated carbocycles. The van der Waals surface area contributed by atoms with Gasteiger partial charge in [0, 0.05) is 44.9 Å². The van der Waals surface area contributed by atoms with Crippen LogP contribution in [0.3, 0.4) is 0 Å². The second kappa shape index (κ2) is 6.67. The number of aldehydes is 1. The van der Waals surface area contributed by atoms with E-state index in [4.69, 9.17) is 0 Å². The fourth-order valence-electron chi connectivity index (χ4n) is 3.86. The average Bonchev–Trinajstić information content (AvgIpc) is 2.45. The highest BCUT2D eigenvalue weighted by molar-refractivity contribution is 5.73. The van der Waals surface area contributed by atoms with Gasteiger partial charge in [0.25, 0.3) is 0 Å². The van der Waals surface area contributed by atoms with Crippen LogP contribution in [-0.2, 0) is 9.59 Å². The number of nitrogens with zero attached hydrogens (tertiary/aromatic N) is 2. The number of piperazine rings is 1. The quantitative estimate of drug-likeness (QED) is 0.594. The van der Waals surface area contributed by atoms with Gasteiger partial charge in [-0.25, -0.2) is 0 Å². The van der Waals surface area contributed by atoms with Crippen LogP contribution < -0.4 is 0 Å². The largest absolute Gasteiger partial charge is 0.368 e. The number of hydrogen-bond acceptors (Lipinski definition) is 3. The Balaban J connectivity index is 2.27. The maximum Gasteiger partial charge on any atom is 0.219 e. The van der Waals surface area contributed by atoms with Gasteiger partial charge >= 0.3 is 0 Å². The summed E-state index contributed by atoms with van der Waals surface area (Å²) in [7, 11) is 0. The zero-order valence-electron chi connectivity index (χ0n) is 14.3. The molecular formula is C18H28N2O2. The van der Waals surface area contributed by atoms with Crippen molar-refractivity contribution in [1.82, 2.24) is 9.80 Å². The first kappa shape index (κ1) is 16.8. The maximum absolute atomic E-state index is 11.5. The number of hydrogen-bond donors (Lipinski definition) is 0. The highest BCUT2D eigenvalue weighted by Crippen LogP contribution is 2.44. The molecule has 4 heteroatoms. The molecule has 2 rings (SSSR count). The highest BCUT2D eigenvalue weighted by atomic mass is 16.2. The predicted molar refractivity (Wildman–Crippen MR) is 88.3 cm³/mol. The lowest BCUT2D eigenvalue weighted by atomic mass is 9.71. The number of carbonyl (C=O) groups is 2. The molecule has 1 aliphatic carbocycles. The van der Waals surface area contributed by atoms with E-state index in [1.165, 1.54) is 17.6 Å². The minimum absolute atomic E-state index is 0.106. The van der Waals surface area contributed by atoms with Crippen LogP contribution in [0.1, 0.15) is 47.0 Å². The van der Waals surface area contributed by atoms with E-state index in [1.807, 2.05) is 4.90 Å². The summed E-state index contributed by atoms with van der Waals surface area (Å²) in [5, 5.41) is 0. The fraction of sp³-hybridized carbons (Fsp3) is 0.667. The van der Waals surface area contributed by atoms with Gasteiger partial charge in [0.2, 0.25) is 5.91 Å². The molecule has 2 aliphatic rings. The summed E-state index contributed by atoms with van der Waals surface area (Å²) in [4.78, 5) is 26.8. The summed E-state index contributed by atoms with van der Waals surface area (Å²) in [5.74, 6) is 0.133. The van der Waals surface area contributed by atoms with Crippen LogP contribution in [0.2, 0.25) is 0 Å². The van der Waals surface area contributed by atoms with Crippen LogP contribution in [0.25, 0.3) is 0 Å². The lowest BCUT2D eigenvalue weighted by Crippen LogP contribution is -2.48. The number of amides is 1. The van der Waals surface area contributed by atoms with E-state index in [9.17, 15) is 9.59 Å². The third-order valence-electron chi connectivity index (χ3n) is 5.00. The Kier molecular flexibility index (Phi) is 5.09. The minimum atomic E-state index is 0.106. The molecule has 0 spiro atoms. The molecule has 1 fully saturated rings. The van der Waals surface area contributed by atoms with E-state index >= 15 is 0 Å². The lowest BCUT2D eigenvalue weighted by Gasteiger charge is -2.43. The first-order valence-electron chi connectivity index (χ1n) is 8.23. The zero-order valence-corrected chi connectivity index (χ0v) is 14.3. The molecule has 1 aliphatic heterocycles. The van der Waals surface area contributed by atoms with Crippen LogP contribution in [0.5, 0.6) is 0 Å². The van der Waals surface area contributed by atoms with Gasteiger partial charge in [-0.3, -0.25) is 9.59 Å². The summed E-state index contributed by atoms with van der Waals surface area (Å²) >= 11 is 0. The first-order valence-corrected chi connectivity index (χ1v) is 8.23. The van der Waals surface area contributed by atoms with Gasteiger partial charge in [-0.15, -0.1) is 0 Å². The molecule has 1 amide bonds. The molecular weight excluding hydrogens is 276 g/mol. The molecule has 0 bridgehead atoms. The summed E-state index contributed by atoms with van der Waals surface area (Å²) in [6.07, 6.45) is 6.10. The molecule has 0 atom stereocenters. The van der Waals surface area contributed by atoms with E-state index in [0.29, 0.717) is 0 Å². The summed E-state index contributed by atoms with van der Waals surface area (Å²) in [6.45, 7) is 11.4. The normalized spacial score (nSPS) is 22.8. The van der Waals surface area contributed by atoms with Gasteiger partial charge < -0.3 is 9.80 Å². The molecule has 0 aromatic rings. The van der Waals surface area contributed by atoms with Crippen molar-refractivity contribution in [2.75, 3.05) is 26.2 Å². The van der Waals surface area contributed by atoms with Gasteiger partial charge in [-0.05, 0) is 37.2 Å². The number of allylic oxidation sites excluding steroid dienone is 3. The van der Waals surface area contributed by atoms with Crippen molar-refractivity contribution < 1.29 is 9.59 Å². The monoisotopic (exact) mass is 304 g/mol. The topological polar surface area (TPSA) is 40.6 Å². The Morgan fingerprint density at radius 3 is 2.23 bits per heavy atom. The predicted octanol–water partition coefficient (Wildman–Crippen LogP) is 2.76. The minimum Gasteiger partial charge on any atom is -0.368 e. The van der Waals surface area contributed by atoms with Crippen molar-refractivity contribution in [2.24, 2.45) is 5.41 Å². The van der Waals surface area contributed by atoms with E-state index in [2.05, 4.69) is 25.7 Å². The van der Waals surface area contributed by atoms with Gasteiger partial charge in [0.1, 0.15) is 6.29 Å². The van der Waals surface area contributed by atoms with Gasteiger partial charge in [-0.1, -0.05) is 19.4 Å². The zero-order chi connectivity index (χ0) is 16.3. The number of rotatable bonds is 3. The summed E-state index contributed by atoms with van der Waals surface area (Å²) in [5.41, 5.74) is 3.91. The molecule has 1 heterocycles. The van der Waals surface area contributed by atoms with Crippen LogP contribution in [0.15, 0.2) is 22.9 Å². The van der Waals surface area contributed by atoms with Crippen molar-refractivity contribution in [1.29, 1.82) is 0 Å². The lowest BCUT2D eigenvalue weighted by molar-refractivity contribution is -0.130. The summed E-state index contributed by atoms with van der Waals surface area (Å²) < 4.78 is 0. The molecule has 4 nitrogen and oxygen atoms in total. The SMILES string of the molecule is CC(=O)N1CCN(C(=CC=O)C2=C(C)CCCC2(C)C)CC1. The smallest absolute Gasteiger partial charge is 0.219 e. The summed E-state index contributed by atoms with van der Waals surface area (Å²) in [6, 6.07) is 0. The number of carbonyl (C=O) groups excluding carboxylic acids is 2. The van der Waals surface area contributed by atoms with E-state index in [0.717, 1.165) is 51.0 Å². The Morgan fingerprint density at radius 1 is 1.14 bits per heavy atom. The molecule has 1 saturated heterocycles. The second-order valence-electron chi connectivity index (χ2n) is 7.07. The van der Waals surface area contributed by atoms with Crippen LogP contribution in [-0.4, -0.2) is 48.2 Å². The Bertz CT molecular complexity index is 509. The van der Waals surface area contributed by atoms with E-state index < -0.39 is 0 Å². The van der Waals surface area contributed by atoms with Crippen LogP contribution in [0, 0.1) is 5.41 Å². The van der Waals surface area contributed by atoms with Crippen molar-refractivity contribution in [3.63, 3.8) is 0 Å². The molecule has 0 N–H and O–H groups in total. The molecule has 22 heavy (non-hydrogen) atoms. The Labute approximate surface area is 133 Å². The average molecular weight is 304 g/mol. The molecule has 0 aromatic carbocycles. The molecule has 0 radical (unpaired) electrons. The maximum atomic E-state index is 11.5. The fourth-order valence-corrected chi connectivity index (χ4v) is 3.86. The second-order valence-corrected chi connectivity index (χ2v) is 7.07. The van der Waals surface area contributed by atoms with Crippen LogP contribution in [0.4, 0.5) is 0 Å². The van der Waals surface area contributed by atoms with Crippen molar-refractivity contribution >= 4 is 12.2 Å². The molecule has 122 valence electrons. The molecule has 0 aromatic heterocycles. The Hall–Kier alpha value is -1.58. The van der Waals surface area contributed by atoms with Gasteiger partial charge in [0.05, 0.1) is 0 Å². The third kappa shape index (κ3) is 3.42. The van der Waals surface area contributed by atoms with Crippen molar-refractivity contribution in [2.45, 2.75) is 47.0 Å². The first-order chi connectivity index (χ1) is 10.4. The van der Waals surface area contributed by atoms with E-state index in [1.54, 1.807) is 13.0 Å². The van der Waals surface area contributed by atoms with Gasteiger partial charge in [-0.2, -0.15) is 0 Å². The highest BCUT2D eigenvalue weighted by Gasteiger charge is 2.33. The van der Waals surface area contributed by atoms with Gasteiger partial charge in [0.15, 0.2) is 0 Å². The van der Waals surface area contributed by atoms with Crippen molar-refractivity contribution in [3.05, 3.63) is 22.9 Å². The molecule has 0 unspecified atom stereocenters. The van der Waals surface area contributed by atoms with Crippen molar-refractivity contribution in [3.8, 4) is 0 Å². The van der Waals surface area contributed by atoms with E-state index in [-0.39, 0.29) is 11.3 Å². The third-order valence-corrected chi connectivity index (χ3v) is 5.00.